The van der Waals surface area contributed by atoms with Crippen LogP contribution in [0.3, 0.4) is 0 Å². The number of rotatable bonds is 5. The second-order valence-corrected chi connectivity index (χ2v) is 9.04. The predicted molar refractivity (Wildman–Crippen MR) is 122 cm³/mol. The molecule has 3 aromatic carbocycles. The third-order valence-electron chi connectivity index (χ3n) is 5.01. The third-order valence-corrected chi connectivity index (χ3v) is 6.41. The third kappa shape index (κ3) is 3.63. The number of anilines is 1. The first kappa shape index (κ1) is 20.0. The Morgan fingerprint density at radius 3 is 2.34 bits per heavy atom. The van der Waals surface area contributed by atoms with Crippen LogP contribution < -0.4 is 9.46 Å². The van der Waals surface area contributed by atoms with Gasteiger partial charge in [0.2, 0.25) is 5.65 Å². The normalized spacial score (nSPS) is 11.7. The zero-order valence-electron chi connectivity index (χ0n) is 17.4. The molecule has 0 saturated heterocycles. The van der Waals surface area contributed by atoms with Crippen molar-refractivity contribution in [1.82, 2.24) is 19.6 Å². The molecule has 160 valence electrons. The van der Waals surface area contributed by atoms with E-state index in [4.69, 9.17) is 4.74 Å². The number of hydrogen-bond donors (Lipinski definition) is 1. The number of nitrogens with zero attached hydrogens (tertiary/aromatic N) is 4. The Labute approximate surface area is 184 Å². The fourth-order valence-electron chi connectivity index (χ4n) is 3.40. The van der Waals surface area contributed by atoms with Crippen LogP contribution in [0.5, 0.6) is 11.6 Å². The monoisotopic (exact) mass is 445 g/mol. The zero-order chi connectivity index (χ0) is 22.3. The maximum Gasteiger partial charge on any atom is 0.266 e. The summed E-state index contributed by atoms with van der Waals surface area (Å²) in [4.78, 5) is 4.79. The van der Waals surface area contributed by atoms with Gasteiger partial charge < -0.3 is 4.74 Å². The van der Waals surface area contributed by atoms with E-state index in [1.165, 1.54) is 0 Å². The highest BCUT2D eigenvalue weighted by Crippen LogP contribution is 2.28. The van der Waals surface area contributed by atoms with Gasteiger partial charge in [0.1, 0.15) is 11.6 Å². The molecule has 2 aromatic heterocycles. The van der Waals surface area contributed by atoms with Crippen LogP contribution in [-0.2, 0) is 10.0 Å². The van der Waals surface area contributed by atoms with Crippen LogP contribution >= 0.6 is 0 Å². The minimum Gasteiger partial charge on any atom is -0.436 e. The van der Waals surface area contributed by atoms with Crippen LogP contribution in [0.15, 0.2) is 77.7 Å². The first-order valence-electron chi connectivity index (χ1n) is 9.89. The Morgan fingerprint density at radius 1 is 0.875 bits per heavy atom. The molecule has 9 heteroatoms. The summed E-state index contributed by atoms with van der Waals surface area (Å²) in [7, 11) is -3.68. The molecule has 0 aliphatic rings. The van der Waals surface area contributed by atoms with E-state index >= 15 is 0 Å². The van der Waals surface area contributed by atoms with Gasteiger partial charge in [0, 0.05) is 5.69 Å². The topological polar surface area (TPSA) is 98.5 Å². The highest BCUT2D eigenvalue weighted by molar-refractivity contribution is 7.92. The molecule has 0 radical (unpaired) electrons. The number of aromatic nitrogens is 4. The Balaban J connectivity index is 1.43. The Morgan fingerprint density at radius 2 is 1.59 bits per heavy atom. The molecule has 0 aliphatic heterocycles. The summed E-state index contributed by atoms with van der Waals surface area (Å²) in [6.45, 7) is 3.77. The van der Waals surface area contributed by atoms with Gasteiger partial charge in [-0.1, -0.05) is 29.8 Å². The van der Waals surface area contributed by atoms with Crippen molar-refractivity contribution in [2.45, 2.75) is 18.7 Å². The van der Waals surface area contributed by atoms with Crippen molar-refractivity contribution in [3.63, 3.8) is 0 Å². The number of hydrogen-bond acceptors (Lipinski definition) is 6. The summed E-state index contributed by atoms with van der Waals surface area (Å²) in [6.07, 6.45) is 0. The minimum absolute atomic E-state index is 0.202. The van der Waals surface area contributed by atoms with E-state index in [1.54, 1.807) is 48.5 Å². The van der Waals surface area contributed by atoms with Crippen molar-refractivity contribution in [3.05, 3.63) is 84.2 Å². The first-order chi connectivity index (χ1) is 15.4. The summed E-state index contributed by atoms with van der Waals surface area (Å²) in [6, 6.07) is 21.0. The van der Waals surface area contributed by atoms with Crippen LogP contribution in [0.2, 0.25) is 0 Å². The molecule has 2 heterocycles. The van der Waals surface area contributed by atoms with Crippen LogP contribution in [0.1, 0.15) is 11.4 Å². The molecule has 0 unspecified atom stereocenters. The fourth-order valence-corrected chi connectivity index (χ4v) is 4.46. The lowest BCUT2D eigenvalue weighted by molar-refractivity contribution is 0.467. The standard InChI is InChI=1S/C23H19N5O3S/c1-15-7-13-19(14-8-15)32(29,30)27-17-9-11-18(12-10-17)31-23-22-26-25-16(2)28(22)21-6-4-3-5-20(21)24-23/h3-14,27H,1-2H3. The first-order valence-corrected chi connectivity index (χ1v) is 11.4. The van der Waals surface area contributed by atoms with Crippen LogP contribution in [-0.4, -0.2) is 28.0 Å². The predicted octanol–water partition coefficient (Wildman–Crippen LogP) is 4.49. The van der Waals surface area contributed by atoms with Gasteiger partial charge in [0.25, 0.3) is 15.9 Å². The highest BCUT2D eigenvalue weighted by atomic mass is 32.2. The van der Waals surface area contributed by atoms with Gasteiger partial charge in [-0.2, -0.15) is 0 Å². The Hall–Kier alpha value is -3.98. The number of nitrogens with one attached hydrogen (secondary N) is 1. The van der Waals surface area contributed by atoms with Crippen LogP contribution in [0, 0.1) is 13.8 Å². The van der Waals surface area contributed by atoms with E-state index in [0.29, 0.717) is 23.0 Å². The fraction of sp³-hybridized carbons (Fsp3) is 0.0870. The van der Waals surface area contributed by atoms with E-state index < -0.39 is 10.0 Å². The van der Waals surface area contributed by atoms with E-state index in [1.807, 2.05) is 42.5 Å². The molecule has 0 bridgehead atoms. The lowest BCUT2D eigenvalue weighted by Crippen LogP contribution is -2.12. The van der Waals surface area contributed by atoms with Crippen molar-refractivity contribution in [3.8, 4) is 11.6 Å². The van der Waals surface area contributed by atoms with E-state index in [-0.39, 0.29) is 4.90 Å². The lowest BCUT2D eigenvalue weighted by Gasteiger charge is -2.11. The SMILES string of the molecule is Cc1ccc(S(=O)(=O)Nc2ccc(Oc3nc4ccccc4n4c(C)nnc34)cc2)cc1. The van der Waals surface area contributed by atoms with Crippen LogP contribution in [0.25, 0.3) is 16.7 Å². The summed E-state index contributed by atoms with van der Waals surface area (Å²) in [5, 5.41) is 8.36. The smallest absolute Gasteiger partial charge is 0.266 e. The summed E-state index contributed by atoms with van der Waals surface area (Å²) in [5.41, 5.74) is 3.56. The van der Waals surface area contributed by atoms with Crippen LogP contribution in [0.4, 0.5) is 5.69 Å². The molecule has 0 saturated carbocycles. The number of sulfonamides is 1. The van der Waals surface area contributed by atoms with Gasteiger partial charge >= 0.3 is 0 Å². The average Bonchev–Trinajstić information content (AvgIpc) is 3.17. The molecule has 0 fully saturated rings. The molecule has 0 spiro atoms. The Bertz CT molecular complexity index is 1540. The van der Waals surface area contributed by atoms with Crippen molar-refractivity contribution >= 4 is 32.4 Å². The largest absolute Gasteiger partial charge is 0.436 e. The van der Waals surface area contributed by atoms with Crippen molar-refractivity contribution in [2.75, 3.05) is 4.72 Å². The molecule has 5 aromatic rings. The van der Waals surface area contributed by atoms with Crippen molar-refractivity contribution in [1.29, 1.82) is 0 Å². The van der Waals surface area contributed by atoms with E-state index in [0.717, 1.165) is 22.4 Å². The minimum atomic E-state index is -3.68. The maximum absolute atomic E-state index is 12.6. The zero-order valence-corrected chi connectivity index (χ0v) is 18.2. The van der Waals surface area contributed by atoms with Crippen molar-refractivity contribution in [2.24, 2.45) is 0 Å². The number of benzene rings is 3. The number of fused-ring (bicyclic) bond motifs is 3. The Kier molecular flexibility index (Phi) is 4.75. The summed E-state index contributed by atoms with van der Waals surface area (Å²) >= 11 is 0. The van der Waals surface area contributed by atoms with Gasteiger partial charge in [0.05, 0.1) is 15.9 Å². The van der Waals surface area contributed by atoms with Gasteiger partial charge in [-0.15, -0.1) is 10.2 Å². The quantitative estimate of drug-likeness (QED) is 0.428. The second kappa shape index (κ2) is 7.61. The number of aryl methyl sites for hydroxylation is 2. The van der Waals surface area contributed by atoms with Crippen molar-refractivity contribution < 1.29 is 13.2 Å². The maximum atomic E-state index is 12.6. The molecule has 0 amide bonds. The molecule has 0 atom stereocenters. The molecule has 5 rings (SSSR count). The van der Waals surface area contributed by atoms with E-state index in [2.05, 4.69) is 19.9 Å². The average molecular weight is 446 g/mol. The molecule has 8 nitrogen and oxygen atoms in total. The molecular weight excluding hydrogens is 426 g/mol. The lowest BCUT2D eigenvalue weighted by atomic mass is 10.2. The molecule has 0 aliphatic carbocycles. The number of para-hydroxylation sites is 2. The molecule has 1 N–H and O–H groups in total. The number of ether oxygens (including phenoxy) is 1. The molecular formula is C23H19N5O3S. The van der Waals surface area contributed by atoms with E-state index in [9.17, 15) is 8.42 Å². The van der Waals surface area contributed by atoms with Gasteiger partial charge in [0.15, 0.2) is 0 Å². The highest BCUT2D eigenvalue weighted by Gasteiger charge is 2.16. The van der Waals surface area contributed by atoms with Gasteiger partial charge in [-0.25, -0.2) is 13.4 Å². The van der Waals surface area contributed by atoms with Gasteiger partial charge in [-0.3, -0.25) is 9.12 Å². The molecule has 32 heavy (non-hydrogen) atoms. The second-order valence-electron chi connectivity index (χ2n) is 7.36. The van der Waals surface area contributed by atoms with Gasteiger partial charge in [-0.05, 0) is 62.4 Å². The summed E-state index contributed by atoms with van der Waals surface area (Å²) in [5.74, 6) is 1.54. The summed E-state index contributed by atoms with van der Waals surface area (Å²) < 4.78 is 35.6.